The van der Waals surface area contributed by atoms with Crippen molar-refractivity contribution in [3.05, 3.63) is 34.8 Å². The van der Waals surface area contributed by atoms with Crippen LogP contribution in [0.1, 0.15) is 0 Å². The van der Waals surface area contributed by atoms with Gasteiger partial charge in [0.2, 0.25) is 0 Å². The molecular formula is C6H4BrFe-. The van der Waals surface area contributed by atoms with Gasteiger partial charge in [-0.2, -0.15) is 30.3 Å². The van der Waals surface area contributed by atoms with Crippen LogP contribution in [0.2, 0.25) is 0 Å². The van der Waals surface area contributed by atoms with Crippen molar-refractivity contribution in [1.82, 2.24) is 0 Å². The molecular weight excluding hydrogens is 208 g/mol. The first-order valence-electron chi connectivity index (χ1n) is 2.01. The minimum Gasteiger partial charge on any atom is -0.184 e. The van der Waals surface area contributed by atoms with Gasteiger partial charge in [-0.1, -0.05) is 20.4 Å². The van der Waals surface area contributed by atoms with Gasteiger partial charge in [0, 0.05) is 17.1 Å². The molecule has 0 fully saturated rings. The molecule has 0 saturated carbocycles. The predicted octanol–water partition coefficient (Wildman–Crippen LogP) is 2.25. The summed E-state index contributed by atoms with van der Waals surface area (Å²) < 4.78 is 1.10. The van der Waals surface area contributed by atoms with Gasteiger partial charge in [0.15, 0.2) is 0 Å². The molecule has 0 N–H and O–H groups in total. The molecule has 1 aromatic carbocycles. The summed E-state index contributed by atoms with van der Waals surface area (Å²) in [5.41, 5.74) is 0. The standard InChI is InChI=1S/C6H4Br.Fe/c7-6-4-2-1-3-5-6;/h2-5H;/q-1;. The molecule has 0 aliphatic rings. The first-order valence-corrected chi connectivity index (χ1v) is 2.80. The van der Waals surface area contributed by atoms with E-state index in [-0.39, 0.29) is 17.1 Å². The molecule has 1 aromatic rings. The third kappa shape index (κ3) is 2.51. The Kier molecular flexibility index (Phi) is 4.25. The van der Waals surface area contributed by atoms with Crippen LogP contribution in [0, 0.1) is 6.07 Å². The molecule has 0 heterocycles. The van der Waals surface area contributed by atoms with Crippen molar-refractivity contribution < 1.29 is 17.1 Å². The molecule has 8 heavy (non-hydrogen) atoms. The monoisotopic (exact) mass is 211 g/mol. The maximum absolute atomic E-state index is 3.29. The summed E-state index contributed by atoms with van der Waals surface area (Å²) >= 11 is 3.29. The number of hydrogen-bond donors (Lipinski definition) is 0. The largest absolute Gasteiger partial charge is 0.184 e. The Morgan fingerprint density at radius 2 is 1.75 bits per heavy atom. The number of benzene rings is 1. The molecule has 0 spiro atoms. The van der Waals surface area contributed by atoms with E-state index in [0.29, 0.717) is 0 Å². The summed E-state index contributed by atoms with van der Waals surface area (Å²) in [7, 11) is 0. The van der Waals surface area contributed by atoms with Gasteiger partial charge in [0.25, 0.3) is 0 Å². The van der Waals surface area contributed by atoms with Crippen molar-refractivity contribution >= 4 is 15.9 Å². The van der Waals surface area contributed by atoms with Crippen LogP contribution in [-0.2, 0) is 17.1 Å². The van der Waals surface area contributed by atoms with Crippen LogP contribution in [0.25, 0.3) is 0 Å². The first kappa shape index (κ1) is 8.22. The van der Waals surface area contributed by atoms with Gasteiger partial charge in [0.1, 0.15) is 0 Å². The summed E-state index contributed by atoms with van der Waals surface area (Å²) in [5.74, 6) is 0. The van der Waals surface area contributed by atoms with Gasteiger partial charge in [-0.25, -0.2) is 0 Å². The number of hydrogen-bond acceptors (Lipinski definition) is 0. The van der Waals surface area contributed by atoms with Gasteiger partial charge < -0.3 is 0 Å². The van der Waals surface area contributed by atoms with E-state index >= 15 is 0 Å². The van der Waals surface area contributed by atoms with Crippen molar-refractivity contribution in [3.8, 4) is 0 Å². The Morgan fingerprint density at radius 1 is 1.25 bits per heavy atom. The van der Waals surface area contributed by atoms with E-state index in [0.717, 1.165) is 4.47 Å². The zero-order valence-electron chi connectivity index (χ0n) is 4.04. The molecule has 0 bridgehead atoms. The summed E-state index contributed by atoms with van der Waals surface area (Å²) in [6, 6.07) is 10.5. The van der Waals surface area contributed by atoms with Crippen LogP contribution in [0.5, 0.6) is 0 Å². The second-order valence-corrected chi connectivity index (χ2v) is 2.13. The number of halogens is 1. The third-order valence-electron chi connectivity index (χ3n) is 0.678. The second-order valence-electron chi connectivity index (χ2n) is 1.22. The van der Waals surface area contributed by atoms with Gasteiger partial charge in [-0.3, -0.25) is 0 Å². The Labute approximate surface area is 67.9 Å². The fourth-order valence-electron chi connectivity index (χ4n) is 0.367. The van der Waals surface area contributed by atoms with E-state index in [1.54, 1.807) is 0 Å². The van der Waals surface area contributed by atoms with Crippen LogP contribution in [0.3, 0.4) is 0 Å². The van der Waals surface area contributed by atoms with Gasteiger partial charge in [-0.05, 0) is 0 Å². The Bertz CT molecular complexity index is 138. The van der Waals surface area contributed by atoms with Crippen molar-refractivity contribution in [3.63, 3.8) is 0 Å². The molecule has 0 saturated heterocycles. The topological polar surface area (TPSA) is 0 Å². The van der Waals surface area contributed by atoms with E-state index in [9.17, 15) is 0 Å². The van der Waals surface area contributed by atoms with Crippen molar-refractivity contribution in [2.75, 3.05) is 0 Å². The molecule has 0 amide bonds. The third-order valence-corrected chi connectivity index (χ3v) is 1.21. The first-order chi connectivity index (χ1) is 3.39. The summed E-state index contributed by atoms with van der Waals surface area (Å²) in [6.45, 7) is 0. The van der Waals surface area contributed by atoms with Crippen LogP contribution in [0.15, 0.2) is 28.7 Å². The normalized spacial score (nSPS) is 7.62. The van der Waals surface area contributed by atoms with Crippen molar-refractivity contribution in [2.24, 2.45) is 0 Å². The SMILES string of the molecule is Brc1cc[c-]cc1.[Fe]. The Morgan fingerprint density at radius 3 is 2.00 bits per heavy atom. The van der Waals surface area contributed by atoms with E-state index in [1.807, 2.05) is 24.3 Å². The van der Waals surface area contributed by atoms with Crippen LogP contribution in [0.4, 0.5) is 0 Å². The molecule has 0 unspecified atom stereocenters. The zero-order valence-corrected chi connectivity index (χ0v) is 6.73. The predicted molar refractivity (Wildman–Crippen MR) is 33.0 cm³/mol. The summed E-state index contributed by atoms with van der Waals surface area (Å²) in [4.78, 5) is 0. The fourth-order valence-corrected chi connectivity index (χ4v) is 0.631. The quantitative estimate of drug-likeness (QED) is 0.456. The van der Waals surface area contributed by atoms with Crippen molar-refractivity contribution in [2.45, 2.75) is 0 Å². The number of rotatable bonds is 0. The molecule has 44 valence electrons. The Hall–Kier alpha value is 0.219. The molecule has 0 aliphatic carbocycles. The van der Waals surface area contributed by atoms with Gasteiger partial charge in [-0.15, -0.1) is 0 Å². The fraction of sp³-hybridized carbons (Fsp3) is 0. The van der Waals surface area contributed by atoms with E-state index in [1.165, 1.54) is 0 Å². The molecule has 0 radical (unpaired) electrons. The molecule has 2 heteroatoms. The summed E-state index contributed by atoms with van der Waals surface area (Å²) in [5, 5.41) is 0. The van der Waals surface area contributed by atoms with E-state index in [4.69, 9.17) is 0 Å². The molecule has 1 rings (SSSR count). The minimum atomic E-state index is 0. The minimum absolute atomic E-state index is 0. The zero-order chi connectivity index (χ0) is 5.11. The van der Waals surface area contributed by atoms with Gasteiger partial charge in [0.05, 0.1) is 0 Å². The average Bonchev–Trinajstić information content (AvgIpc) is 1.69. The second kappa shape index (κ2) is 4.13. The maximum Gasteiger partial charge on any atom is 0 e. The molecule has 0 nitrogen and oxygen atoms in total. The maximum atomic E-state index is 3.29. The molecule has 0 aromatic heterocycles. The van der Waals surface area contributed by atoms with Crippen molar-refractivity contribution in [1.29, 1.82) is 0 Å². The smallest absolute Gasteiger partial charge is 0 e. The Balaban J connectivity index is 0.000000490. The van der Waals surface area contributed by atoms with E-state index in [2.05, 4.69) is 22.0 Å². The van der Waals surface area contributed by atoms with E-state index < -0.39 is 0 Å². The van der Waals surface area contributed by atoms with Crippen LogP contribution in [-0.4, -0.2) is 0 Å². The van der Waals surface area contributed by atoms with Gasteiger partial charge >= 0.3 is 0 Å². The summed E-state index contributed by atoms with van der Waals surface area (Å²) in [6.07, 6.45) is 0. The molecule has 0 aliphatic heterocycles. The van der Waals surface area contributed by atoms with Crippen LogP contribution >= 0.6 is 15.9 Å². The average molecular weight is 212 g/mol. The molecule has 0 atom stereocenters. The van der Waals surface area contributed by atoms with Crippen LogP contribution < -0.4 is 0 Å².